The van der Waals surface area contributed by atoms with Crippen molar-refractivity contribution >= 4 is 38.9 Å². The first-order valence-electron chi connectivity index (χ1n) is 10.9. The lowest BCUT2D eigenvalue weighted by atomic mass is 9.77. The average molecular weight is 476 g/mol. The Labute approximate surface area is 193 Å². The summed E-state index contributed by atoms with van der Waals surface area (Å²) in [6.45, 7) is 0.807. The molecule has 2 N–H and O–H groups in total. The predicted octanol–water partition coefficient (Wildman–Crippen LogP) is 2.08. The van der Waals surface area contributed by atoms with Gasteiger partial charge in [-0.25, -0.2) is 8.42 Å². The Kier molecular flexibility index (Phi) is 6.45. The Morgan fingerprint density at radius 3 is 2.45 bits per heavy atom. The lowest BCUT2D eigenvalue weighted by molar-refractivity contribution is -0.122. The van der Waals surface area contributed by atoms with Crippen LogP contribution in [-0.4, -0.2) is 81.5 Å². The van der Waals surface area contributed by atoms with Crippen molar-refractivity contribution in [2.24, 2.45) is 11.8 Å². The van der Waals surface area contributed by atoms with E-state index in [-0.39, 0.29) is 23.4 Å². The number of rotatable bonds is 4. The summed E-state index contributed by atoms with van der Waals surface area (Å²) >= 11 is 0. The summed E-state index contributed by atoms with van der Waals surface area (Å²) in [5.41, 5.74) is 1.21. The first-order valence-corrected chi connectivity index (χ1v) is 12.3. The van der Waals surface area contributed by atoms with Gasteiger partial charge in [-0.1, -0.05) is 12.1 Å². The topological polar surface area (TPSA) is 116 Å². The van der Waals surface area contributed by atoms with Crippen LogP contribution in [0.3, 0.4) is 0 Å². The molecule has 10 heteroatoms. The van der Waals surface area contributed by atoms with Crippen molar-refractivity contribution in [1.82, 2.24) is 9.21 Å². The number of nitrogens with one attached hydrogen (secondary N) is 1. The number of methoxy groups -OCH3 is 1. The lowest BCUT2D eigenvalue weighted by Gasteiger charge is -2.40. The molecule has 2 fully saturated rings. The summed E-state index contributed by atoms with van der Waals surface area (Å²) in [6.07, 6.45) is 1.93. The second-order valence-electron chi connectivity index (χ2n) is 9.02. The third-order valence-corrected chi connectivity index (χ3v) is 9.02. The smallest absolute Gasteiger partial charge is 0.290 e. The van der Waals surface area contributed by atoms with Gasteiger partial charge in [0.15, 0.2) is 0 Å². The molecule has 9 nitrogen and oxygen atoms in total. The number of carbonyl (C=O) groups is 2. The third-order valence-electron chi connectivity index (χ3n) is 7.13. The minimum absolute atomic E-state index is 0.123. The molecule has 0 unspecified atom stereocenters. The van der Waals surface area contributed by atoms with Crippen LogP contribution in [0.4, 0.5) is 5.69 Å². The first kappa shape index (κ1) is 23.6. The zero-order chi connectivity index (χ0) is 23.9. The molecule has 178 valence electrons. The standard InChI is InChI=1S/C22H27N3O4S.CH2O2/c1-24(2)18-9-13-11-25(12-14(13)10-19(18)29-3)30(27,28)20-8-7-17-21-15(20)5-4-6-16(21)22(26)23-17;2-1-3/h4-8,13-14,18-19H,9-12H2,1-3H3,(H,23,26);1H,(H,2,3)/t13-,14+,18-,19-;/m1./s1. The highest BCUT2D eigenvalue weighted by Crippen LogP contribution is 2.42. The average Bonchev–Trinajstić information content (AvgIpc) is 3.35. The highest BCUT2D eigenvalue weighted by atomic mass is 32.2. The van der Waals surface area contributed by atoms with Gasteiger partial charge in [-0.05, 0) is 57.0 Å². The number of fused-ring (bicyclic) bond motifs is 1. The fraction of sp³-hybridized carbons (Fsp3) is 0.478. The fourth-order valence-electron chi connectivity index (χ4n) is 5.57. The molecule has 5 rings (SSSR count). The summed E-state index contributed by atoms with van der Waals surface area (Å²) in [6, 6.07) is 8.91. The molecule has 1 saturated heterocycles. The number of carboxylic acid groups (broad SMARTS) is 1. The van der Waals surface area contributed by atoms with E-state index in [2.05, 4.69) is 24.3 Å². The second kappa shape index (κ2) is 9.02. The molecule has 0 radical (unpaired) electrons. The number of anilines is 1. The van der Waals surface area contributed by atoms with Crippen molar-refractivity contribution in [2.75, 3.05) is 39.6 Å². The molecule has 1 saturated carbocycles. The molecule has 1 amide bonds. The van der Waals surface area contributed by atoms with Crippen LogP contribution in [0.2, 0.25) is 0 Å². The van der Waals surface area contributed by atoms with Crippen molar-refractivity contribution in [1.29, 1.82) is 0 Å². The summed E-state index contributed by atoms with van der Waals surface area (Å²) < 4.78 is 34.7. The Bertz CT molecular complexity index is 1180. The van der Waals surface area contributed by atoms with Crippen LogP contribution in [0, 0.1) is 11.8 Å². The van der Waals surface area contributed by atoms with E-state index < -0.39 is 10.0 Å². The number of amides is 1. The van der Waals surface area contributed by atoms with E-state index in [4.69, 9.17) is 14.6 Å². The molecule has 33 heavy (non-hydrogen) atoms. The van der Waals surface area contributed by atoms with Crippen LogP contribution in [-0.2, 0) is 19.6 Å². The largest absolute Gasteiger partial charge is 0.483 e. The van der Waals surface area contributed by atoms with Gasteiger partial charge in [0.05, 0.1) is 11.0 Å². The first-order chi connectivity index (χ1) is 15.7. The molecule has 2 aromatic carbocycles. The Hall–Kier alpha value is -2.53. The van der Waals surface area contributed by atoms with Crippen LogP contribution in [0.25, 0.3) is 10.8 Å². The molecule has 2 heterocycles. The SMILES string of the molecule is CO[C@@H]1C[C@H]2CN(S(=O)(=O)c3ccc4c5c(cccc35)C(=O)N4)C[C@H]2C[C@H]1N(C)C.O=CO. The van der Waals surface area contributed by atoms with E-state index in [0.717, 1.165) is 12.8 Å². The number of carbonyl (C=O) groups excluding carboxylic acids is 1. The molecular formula is C23H29N3O6S. The van der Waals surface area contributed by atoms with Crippen molar-refractivity contribution in [2.45, 2.75) is 29.9 Å². The summed E-state index contributed by atoms with van der Waals surface area (Å²) in [7, 11) is 2.19. The number of nitrogens with zero attached hydrogens (tertiary/aromatic N) is 2. The number of ether oxygens (including phenoxy) is 1. The monoisotopic (exact) mass is 475 g/mol. The van der Waals surface area contributed by atoms with Crippen molar-refractivity contribution in [3.05, 3.63) is 35.9 Å². The Morgan fingerprint density at radius 2 is 1.82 bits per heavy atom. The van der Waals surface area contributed by atoms with Crippen molar-refractivity contribution < 1.29 is 27.9 Å². The minimum atomic E-state index is -3.67. The lowest BCUT2D eigenvalue weighted by Crippen LogP contribution is -2.47. The summed E-state index contributed by atoms with van der Waals surface area (Å²) in [5, 5.41) is 11.0. The summed E-state index contributed by atoms with van der Waals surface area (Å²) in [4.78, 5) is 23.0. The molecule has 3 aliphatic rings. The van der Waals surface area contributed by atoms with E-state index in [1.807, 2.05) is 0 Å². The van der Waals surface area contributed by atoms with Crippen LogP contribution in [0.15, 0.2) is 35.2 Å². The Balaban J connectivity index is 0.000000821. The Morgan fingerprint density at radius 1 is 1.15 bits per heavy atom. The van der Waals surface area contributed by atoms with Gasteiger partial charge in [0.25, 0.3) is 12.4 Å². The van der Waals surface area contributed by atoms with Gasteiger partial charge in [0, 0.05) is 48.3 Å². The van der Waals surface area contributed by atoms with E-state index in [9.17, 15) is 13.2 Å². The zero-order valence-corrected chi connectivity index (χ0v) is 19.7. The maximum Gasteiger partial charge on any atom is 0.290 e. The van der Waals surface area contributed by atoms with Gasteiger partial charge in [-0.15, -0.1) is 0 Å². The maximum absolute atomic E-state index is 13.7. The predicted molar refractivity (Wildman–Crippen MR) is 124 cm³/mol. The molecule has 4 atom stereocenters. The van der Waals surface area contributed by atoms with E-state index in [0.29, 0.717) is 53.0 Å². The summed E-state index contributed by atoms with van der Waals surface area (Å²) in [5.74, 6) is 0.456. The van der Waals surface area contributed by atoms with E-state index in [1.165, 1.54) is 0 Å². The quantitative estimate of drug-likeness (QED) is 0.651. The molecule has 2 aromatic rings. The van der Waals surface area contributed by atoms with Crippen LogP contribution in [0.5, 0.6) is 0 Å². The van der Waals surface area contributed by atoms with Crippen LogP contribution < -0.4 is 5.32 Å². The number of sulfonamides is 1. The number of likely N-dealkylation sites (N-methyl/N-ethyl adjacent to an activating group) is 1. The van der Waals surface area contributed by atoms with Gasteiger partial charge in [-0.3, -0.25) is 9.59 Å². The van der Waals surface area contributed by atoms with Gasteiger partial charge in [0.2, 0.25) is 10.0 Å². The van der Waals surface area contributed by atoms with Gasteiger partial charge < -0.3 is 20.1 Å². The molecule has 0 spiro atoms. The highest BCUT2D eigenvalue weighted by Gasteiger charge is 2.46. The molecule has 2 aliphatic heterocycles. The van der Waals surface area contributed by atoms with E-state index in [1.54, 1.807) is 41.7 Å². The van der Waals surface area contributed by atoms with Crippen LogP contribution in [0.1, 0.15) is 23.2 Å². The molecular weight excluding hydrogens is 446 g/mol. The normalized spacial score (nSPS) is 26.6. The number of hydrogen-bond donors (Lipinski definition) is 2. The second-order valence-corrected chi connectivity index (χ2v) is 10.9. The highest BCUT2D eigenvalue weighted by molar-refractivity contribution is 7.89. The maximum atomic E-state index is 13.7. The van der Waals surface area contributed by atoms with Gasteiger partial charge in [0.1, 0.15) is 0 Å². The van der Waals surface area contributed by atoms with Gasteiger partial charge >= 0.3 is 0 Å². The fourth-order valence-corrected chi connectivity index (χ4v) is 7.31. The van der Waals surface area contributed by atoms with E-state index >= 15 is 0 Å². The third kappa shape index (κ3) is 4.01. The van der Waals surface area contributed by atoms with Crippen molar-refractivity contribution in [3.8, 4) is 0 Å². The number of hydrogen-bond acceptors (Lipinski definition) is 6. The molecule has 1 aliphatic carbocycles. The van der Waals surface area contributed by atoms with Crippen LogP contribution >= 0.6 is 0 Å². The molecule has 0 bridgehead atoms. The molecule has 0 aromatic heterocycles. The zero-order valence-electron chi connectivity index (χ0n) is 18.9. The van der Waals surface area contributed by atoms with Gasteiger partial charge in [-0.2, -0.15) is 4.31 Å². The minimum Gasteiger partial charge on any atom is -0.483 e. The van der Waals surface area contributed by atoms with Crippen molar-refractivity contribution in [3.63, 3.8) is 0 Å². The number of benzene rings is 2.